The van der Waals surface area contributed by atoms with Gasteiger partial charge in [-0.25, -0.2) is 9.79 Å². The molecule has 1 aromatic heterocycles. The van der Waals surface area contributed by atoms with E-state index in [1.165, 1.54) is 20.9 Å². The lowest BCUT2D eigenvalue weighted by Gasteiger charge is -2.25. The molecule has 2 atom stereocenters. The Morgan fingerprint density at radius 3 is 2.51 bits per heavy atom. The van der Waals surface area contributed by atoms with E-state index in [2.05, 4.69) is 10.1 Å². The number of allylic oxidation sites excluding steroid dienone is 1. The minimum atomic E-state index is -0.778. The lowest BCUT2D eigenvalue weighted by Crippen LogP contribution is -2.40. The maximum atomic E-state index is 13.9. The van der Waals surface area contributed by atoms with Crippen LogP contribution in [0.5, 0.6) is 5.75 Å². The molecule has 1 amide bonds. The normalized spacial score (nSPS) is 19.2. The van der Waals surface area contributed by atoms with E-state index < -0.39 is 17.9 Å². The summed E-state index contributed by atoms with van der Waals surface area (Å²) < 4.78 is 12.8. The molecule has 5 rings (SSSR count). The fraction of sp³-hybridized carbons (Fsp3) is 0.276. The van der Waals surface area contributed by atoms with Crippen LogP contribution in [-0.2, 0) is 14.3 Å². The monoisotopic (exact) mass is 544 g/mol. The van der Waals surface area contributed by atoms with Crippen LogP contribution in [0, 0.1) is 5.92 Å². The first-order valence-electron chi connectivity index (χ1n) is 12.5. The Bertz CT molecular complexity index is 1700. The molecule has 0 aliphatic carbocycles. The van der Waals surface area contributed by atoms with E-state index in [9.17, 15) is 14.4 Å². The van der Waals surface area contributed by atoms with Crippen LogP contribution in [0.2, 0.25) is 0 Å². The van der Waals surface area contributed by atoms with Crippen LogP contribution in [0.15, 0.2) is 80.8 Å². The van der Waals surface area contributed by atoms with Gasteiger partial charge in [0.15, 0.2) is 4.80 Å². The molecule has 0 radical (unpaired) electrons. The van der Waals surface area contributed by atoms with E-state index in [-0.39, 0.29) is 23.1 Å². The highest BCUT2D eigenvalue weighted by Crippen LogP contribution is 2.32. The van der Waals surface area contributed by atoms with Crippen molar-refractivity contribution in [2.75, 3.05) is 12.1 Å². The summed E-state index contributed by atoms with van der Waals surface area (Å²) in [7, 11) is 1.56. The third-order valence-electron chi connectivity index (χ3n) is 6.50. The maximum Gasteiger partial charge on any atom is 0.338 e. The molecule has 0 N–H and O–H groups in total. The van der Waals surface area contributed by atoms with Crippen LogP contribution in [0.3, 0.4) is 0 Å². The minimum Gasteiger partial charge on any atom is -0.497 e. The minimum absolute atomic E-state index is 0.244. The van der Waals surface area contributed by atoms with Gasteiger partial charge >= 0.3 is 5.97 Å². The third kappa shape index (κ3) is 4.83. The van der Waals surface area contributed by atoms with Gasteiger partial charge in [-0.15, -0.1) is 0 Å². The Labute approximate surface area is 229 Å². The Morgan fingerprint density at radius 1 is 1.08 bits per heavy atom. The average Bonchev–Trinajstić information content (AvgIpc) is 3.38. The highest BCUT2D eigenvalue weighted by molar-refractivity contribution is 7.07. The van der Waals surface area contributed by atoms with Gasteiger partial charge in [0.25, 0.3) is 11.5 Å². The molecule has 0 saturated heterocycles. The third-order valence-corrected chi connectivity index (χ3v) is 7.50. The molecule has 0 fully saturated rings. The molecule has 0 spiro atoms. The van der Waals surface area contributed by atoms with E-state index in [1.54, 1.807) is 71.2 Å². The van der Waals surface area contributed by atoms with Crippen LogP contribution < -0.4 is 24.6 Å². The zero-order valence-corrected chi connectivity index (χ0v) is 23.1. The largest absolute Gasteiger partial charge is 0.497 e. The van der Waals surface area contributed by atoms with E-state index in [0.717, 1.165) is 0 Å². The molecule has 2 aliphatic rings. The van der Waals surface area contributed by atoms with Gasteiger partial charge in [0.2, 0.25) is 0 Å². The van der Waals surface area contributed by atoms with Gasteiger partial charge in [-0.2, -0.15) is 10.1 Å². The fourth-order valence-electron chi connectivity index (χ4n) is 4.68. The van der Waals surface area contributed by atoms with Crippen LogP contribution in [0.25, 0.3) is 6.08 Å². The van der Waals surface area contributed by atoms with Gasteiger partial charge in [0.1, 0.15) is 11.7 Å². The van der Waals surface area contributed by atoms with Crippen molar-refractivity contribution in [3.8, 4) is 5.75 Å². The van der Waals surface area contributed by atoms with Crippen molar-refractivity contribution in [2.24, 2.45) is 16.0 Å². The summed E-state index contributed by atoms with van der Waals surface area (Å²) in [5, 5.41) is 5.80. The number of methoxy groups -OCH3 is 1. The van der Waals surface area contributed by atoms with Gasteiger partial charge in [0.05, 0.1) is 46.5 Å². The van der Waals surface area contributed by atoms with Gasteiger partial charge in [-0.3, -0.25) is 14.2 Å². The molecule has 200 valence electrons. The first-order valence-corrected chi connectivity index (χ1v) is 13.3. The summed E-state index contributed by atoms with van der Waals surface area (Å²) in [5.41, 5.74) is 2.30. The predicted octanol–water partition coefficient (Wildman–Crippen LogP) is 3.19. The summed E-state index contributed by atoms with van der Waals surface area (Å²) in [6.07, 6.45) is 1.29. The molecular formula is C29H28N4O5S. The molecule has 2 aromatic carbocycles. The molecule has 3 aromatic rings. The standard InChI is InChI=1S/C29H28N4O5S/c1-16(2)38-28(36)24-18(4)30-29-32(25(24)19-10-9-13-21(14-19)37-5)27(35)23(39-29)15-22-17(3)31-33(26(22)34)20-11-7-6-8-12-20/h6-16,22,25H,1-5H3/b23-15-/t22-,25-/m1/s1. The topological polar surface area (TPSA) is 103 Å². The molecule has 9 nitrogen and oxygen atoms in total. The highest BCUT2D eigenvalue weighted by atomic mass is 32.1. The predicted molar refractivity (Wildman–Crippen MR) is 149 cm³/mol. The highest BCUT2D eigenvalue weighted by Gasteiger charge is 2.36. The Balaban J connectivity index is 1.64. The Morgan fingerprint density at radius 2 is 1.82 bits per heavy atom. The number of benzene rings is 2. The van der Waals surface area contributed by atoms with E-state index >= 15 is 0 Å². The first kappa shape index (κ1) is 26.3. The number of nitrogens with zero attached hydrogens (tertiary/aromatic N) is 4. The van der Waals surface area contributed by atoms with Crippen LogP contribution in [0.1, 0.15) is 39.3 Å². The van der Waals surface area contributed by atoms with Crippen LogP contribution >= 0.6 is 11.3 Å². The van der Waals surface area contributed by atoms with Crippen molar-refractivity contribution in [3.63, 3.8) is 0 Å². The fourth-order valence-corrected chi connectivity index (χ4v) is 5.73. The number of carbonyl (C=O) groups excluding carboxylic acids is 2. The Hall–Kier alpha value is -4.31. The maximum absolute atomic E-state index is 13.9. The number of fused-ring (bicyclic) bond motifs is 1. The molecule has 2 aliphatic heterocycles. The summed E-state index contributed by atoms with van der Waals surface area (Å²) in [6, 6.07) is 15.6. The number of thiazole rings is 1. The quantitative estimate of drug-likeness (QED) is 0.444. The number of para-hydroxylation sites is 1. The van der Waals surface area contributed by atoms with Crippen LogP contribution in [0.4, 0.5) is 5.69 Å². The zero-order valence-electron chi connectivity index (χ0n) is 22.2. The van der Waals surface area contributed by atoms with E-state index in [4.69, 9.17) is 9.47 Å². The summed E-state index contributed by atoms with van der Waals surface area (Å²) in [6.45, 7) is 7.04. The molecule has 39 heavy (non-hydrogen) atoms. The van der Waals surface area contributed by atoms with Crippen molar-refractivity contribution < 1.29 is 19.1 Å². The number of amides is 1. The van der Waals surface area contributed by atoms with Crippen LogP contribution in [-0.4, -0.2) is 35.4 Å². The van der Waals surface area contributed by atoms with E-state index in [1.807, 2.05) is 24.3 Å². The average molecular weight is 545 g/mol. The zero-order chi connectivity index (χ0) is 27.8. The molecule has 0 bridgehead atoms. The van der Waals surface area contributed by atoms with Gasteiger partial charge in [-0.05, 0) is 63.6 Å². The Kier molecular flexibility index (Phi) is 7.05. The number of ether oxygens (including phenoxy) is 2. The smallest absolute Gasteiger partial charge is 0.338 e. The molecule has 10 heteroatoms. The lowest BCUT2D eigenvalue weighted by atomic mass is 9.95. The number of anilines is 1. The molecule has 0 saturated carbocycles. The van der Waals surface area contributed by atoms with Gasteiger partial charge in [0, 0.05) is 0 Å². The summed E-state index contributed by atoms with van der Waals surface area (Å²) >= 11 is 1.17. The second-order valence-electron chi connectivity index (χ2n) is 9.54. The van der Waals surface area contributed by atoms with Crippen molar-refractivity contribution in [1.82, 2.24) is 4.57 Å². The molecular weight excluding hydrogens is 516 g/mol. The second kappa shape index (κ2) is 10.5. The number of carbonyl (C=O) groups is 2. The van der Waals surface area contributed by atoms with Gasteiger partial charge < -0.3 is 9.47 Å². The van der Waals surface area contributed by atoms with Crippen molar-refractivity contribution >= 4 is 40.7 Å². The van der Waals surface area contributed by atoms with Crippen molar-refractivity contribution in [2.45, 2.75) is 39.8 Å². The van der Waals surface area contributed by atoms with Gasteiger partial charge in [-0.1, -0.05) is 41.7 Å². The first-order chi connectivity index (χ1) is 18.7. The number of aromatic nitrogens is 1. The number of hydrogen-bond acceptors (Lipinski definition) is 8. The number of rotatable bonds is 6. The van der Waals surface area contributed by atoms with Crippen molar-refractivity contribution in [3.05, 3.63) is 91.1 Å². The molecule has 3 heterocycles. The lowest BCUT2D eigenvalue weighted by molar-refractivity contribution is -0.143. The number of hydrogen-bond donors (Lipinski definition) is 0. The summed E-state index contributed by atoms with van der Waals surface area (Å²) in [4.78, 5) is 45.5. The second-order valence-corrected chi connectivity index (χ2v) is 10.5. The number of hydrazone groups is 1. The number of esters is 1. The molecule has 0 unspecified atom stereocenters. The SMILES string of the molecule is COc1cccc([C@@H]2C(C(=O)OC(C)C)=C(C)N=c3s/c(=C\[C@H]4C(=O)N(c5ccccc5)N=C4C)c(=O)n32)c1. The van der Waals surface area contributed by atoms with E-state index in [0.29, 0.717) is 37.7 Å². The summed E-state index contributed by atoms with van der Waals surface area (Å²) in [5.74, 6) is -0.898. The van der Waals surface area contributed by atoms with Crippen molar-refractivity contribution in [1.29, 1.82) is 0 Å².